The van der Waals surface area contributed by atoms with Gasteiger partial charge in [-0.15, -0.1) is 0 Å². The molecule has 134 valence electrons. The van der Waals surface area contributed by atoms with Crippen LogP contribution in [0.1, 0.15) is 23.1 Å². The summed E-state index contributed by atoms with van der Waals surface area (Å²) in [6, 6.07) is 11.4. The maximum atomic E-state index is 13.8. The van der Waals surface area contributed by atoms with Gasteiger partial charge in [0.2, 0.25) is 0 Å². The third kappa shape index (κ3) is 3.80. The highest BCUT2D eigenvalue weighted by atomic mass is 32.1. The minimum absolute atomic E-state index is 0.0548. The van der Waals surface area contributed by atoms with Gasteiger partial charge in [-0.1, -0.05) is 30.4 Å². The molecule has 3 rings (SSSR count). The van der Waals surface area contributed by atoms with E-state index in [1.807, 2.05) is 18.2 Å². The summed E-state index contributed by atoms with van der Waals surface area (Å²) in [4.78, 5) is 17.1. The van der Waals surface area contributed by atoms with Crippen molar-refractivity contribution in [3.8, 4) is 5.75 Å². The van der Waals surface area contributed by atoms with Gasteiger partial charge in [0, 0.05) is 22.4 Å². The lowest BCUT2D eigenvalue weighted by Gasteiger charge is -2.12. The second-order valence-corrected chi connectivity index (χ2v) is 6.47. The quantitative estimate of drug-likeness (QED) is 0.609. The highest BCUT2D eigenvalue weighted by molar-refractivity contribution is 7.80. The predicted octanol–water partition coefficient (Wildman–Crippen LogP) is 3.53. The van der Waals surface area contributed by atoms with Gasteiger partial charge in [-0.3, -0.25) is 9.79 Å². The summed E-state index contributed by atoms with van der Waals surface area (Å²) in [6.45, 7) is 0. The van der Waals surface area contributed by atoms with Crippen LogP contribution in [0.5, 0.6) is 5.75 Å². The maximum Gasteiger partial charge on any atom is 0.308 e. The standard InChI is InChI=1S/C20H18FNO3S/c1-24-15-7-6-12-9-18(26)17(11-19(23)25-2)22-20(16(12)10-15)13-4-3-5-14(21)8-13/h3-8,10,17H,9,11H2,1-2H3/t17-/m0/s1. The number of thiocarbonyl (C=S) groups is 1. The van der Waals surface area contributed by atoms with E-state index in [9.17, 15) is 9.18 Å². The van der Waals surface area contributed by atoms with Gasteiger partial charge in [0.05, 0.1) is 32.4 Å². The van der Waals surface area contributed by atoms with Crippen LogP contribution in [0.2, 0.25) is 0 Å². The average molecular weight is 371 g/mol. The fourth-order valence-electron chi connectivity index (χ4n) is 2.93. The number of carbonyl (C=O) groups is 1. The highest BCUT2D eigenvalue weighted by Crippen LogP contribution is 2.27. The van der Waals surface area contributed by atoms with Crippen LogP contribution in [0.4, 0.5) is 4.39 Å². The second-order valence-electron chi connectivity index (χ2n) is 5.95. The molecule has 1 heterocycles. The number of aliphatic imine (C=N–C) groups is 1. The highest BCUT2D eigenvalue weighted by Gasteiger charge is 2.26. The Kier molecular flexibility index (Phi) is 5.42. The van der Waals surface area contributed by atoms with Crippen LogP contribution < -0.4 is 4.74 Å². The van der Waals surface area contributed by atoms with Crippen LogP contribution in [0.3, 0.4) is 0 Å². The number of fused-ring (bicyclic) bond motifs is 1. The van der Waals surface area contributed by atoms with Crippen molar-refractivity contribution >= 4 is 28.8 Å². The molecule has 6 heteroatoms. The minimum Gasteiger partial charge on any atom is -0.497 e. The molecule has 0 aliphatic carbocycles. The zero-order chi connectivity index (χ0) is 18.7. The lowest BCUT2D eigenvalue weighted by molar-refractivity contribution is -0.140. The number of carbonyl (C=O) groups excluding carboxylic acids is 1. The van der Waals surface area contributed by atoms with Crippen molar-refractivity contribution in [3.63, 3.8) is 0 Å². The van der Waals surface area contributed by atoms with Gasteiger partial charge in [-0.2, -0.15) is 0 Å². The van der Waals surface area contributed by atoms with E-state index in [0.29, 0.717) is 28.3 Å². The number of methoxy groups -OCH3 is 2. The summed E-state index contributed by atoms with van der Waals surface area (Å²) in [5, 5.41) is 0. The van der Waals surface area contributed by atoms with Crippen LogP contribution in [0, 0.1) is 5.82 Å². The average Bonchev–Trinajstić information content (AvgIpc) is 2.77. The summed E-state index contributed by atoms with van der Waals surface area (Å²) < 4.78 is 23.9. The molecule has 0 amide bonds. The smallest absolute Gasteiger partial charge is 0.308 e. The Morgan fingerprint density at radius 2 is 2.08 bits per heavy atom. The Bertz CT molecular complexity index is 894. The molecular weight excluding hydrogens is 353 g/mol. The SMILES string of the molecule is COC(=O)C[C@@H]1N=C(c2cccc(F)c2)c2cc(OC)ccc2CC1=S. The van der Waals surface area contributed by atoms with E-state index in [0.717, 1.165) is 11.1 Å². The summed E-state index contributed by atoms with van der Waals surface area (Å²) in [6.07, 6.45) is 0.553. The van der Waals surface area contributed by atoms with E-state index in [-0.39, 0.29) is 18.2 Å². The van der Waals surface area contributed by atoms with E-state index >= 15 is 0 Å². The Balaban J connectivity index is 2.17. The first kappa shape index (κ1) is 18.2. The zero-order valence-corrected chi connectivity index (χ0v) is 15.3. The Morgan fingerprint density at radius 1 is 1.27 bits per heavy atom. The molecule has 1 aliphatic rings. The fourth-order valence-corrected chi connectivity index (χ4v) is 3.22. The first-order chi connectivity index (χ1) is 12.5. The minimum atomic E-state index is -0.505. The summed E-state index contributed by atoms with van der Waals surface area (Å²) in [5.74, 6) is -0.0700. The van der Waals surface area contributed by atoms with Crippen molar-refractivity contribution in [1.82, 2.24) is 0 Å². The number of halogens is 1. The van der Waals surface area contributed by atoms with Crippen LogP contribution in [0.15, 0.2) is 47.5 Å². The summed E-state index contributed by atoms with van der Waals surface area (Å²) in [5.41, 5.74) is 3.00. The first-order valence-corrected chi connectivity index (χ1v) is 8.53. The molecule has 0 N–H and O–H groups in total. The molecule has 0 saturated carbocycles. The number of benzene rings is 2. The third-order valence-corrected chi connectivity index (χ3v) is 4.70. The van der Waals surface area contributed by atoms with E-state index in [1.165, 1.54) is 19.2 Å². The predicted molar refractivity (Wildman–Crippen MR) is 102 cm³/mol. The molecule has 2 aromatic rings. The third-order valence-electron chi connectivity index (χ3n) is 4.28. The molecule has 4 nitrogen and oxygen atoms in total. The summed E-state index contributed by atoms with van der Waals surface area (Å²) in [7, 11) is 2.92. The van der Waals surface area contributed by atoms with Crippen molar-refractivity contribution in [2.24, 2.45) is 4.99 Å². The van der Waals surface area contributed by atoms with Gasteiger partial charge >= 0.3 is 5.97 Å². The van der Waals surface area contributed by atoms with Gasteiger partial charge in [0.25, 0.3) is 0 Å². The van der Waals surface area contributed by atoms with E-state index in [1.54, 1.807) is 19.2 Å². The Labute approximate surface area is 156 Å². The van der Waals surface area contributed by atoms with Gasteiger partial charge in [0.1, 0.15) is 11.6 Å². The number of ether oxygens (including phenoxy) is 2. The van der Waals surface area contributed by atoms with Crippen molar-refractivity contribution in [2.45, 2.75) is 18.9 Å². The van der Waals surface area contributed by atoms with Crippen molar-refractivity contribution < 1.29 is 18.7 Å². The molecule has 0 fully saturated rings. The zero-order valence-electron chi connectivity index (χ0n) is 14.5. The van der Waals surface area contributed by atoms with Gasteiger partial charge in [-0.25, -0.2) is 4.39 Å². The maximum absolute atomic E-state index is 13.8. The van der Waals surface area contributed by atoms with E-state index in [4.69, 9.17) is 26.7 Å². The molecular formula is C20H18FNO3S. The van der Waals surface area contributed by atoms with Gasteiger partial charge in [-0.05, 0) is 29.8 Å². The van der Waals surface area contributed by atoms with E-state index < -0.39 is 6.04 Å². The van der Waals surface area contributed by atoms with Crippen molar-refractivity contribution in [2.75, 3.05) is 14.2 Å². The summed E-state index contributed by atoms with van der Waals surface area (Å²) >= 11 is 5.53. The topological polar surface area (TPSA) is 47.9 Å². The van der Waals surface area contributed by atoms with Gasteiger partial charge in [0.15, 0.2) is 0 Å². The number of hydrogen-bond donors (Lipinski definition) is 0. The molecule has 0 aromatic heterocycles. The van der Waals surface area contributed by atoms with Crippen LogP contribution in [0.25, 0.3) is 0 Å². The number of hydrogen-bond acceptors (Lipinski definition) is 5. The molecule has 1 atom stereocenters. The van der Waals surface area contributed by atoms with Crippen molar-refractivity contribution in [1.29, 1.82) is 0 Å². The molecule has 26 heavy (non-hydrogen) atoms. The molecule has 1 aliphatic heterocycles. The molecule has 0 saturated heterocycles. The molecule has 2 aromatic carbocycles. The second kappa shape index (κ2) is 7.74. The fraction of sp³-hybridized carbons (Fsp3) is 0.250. The van der Waals surface area contributed by atoms with E-state index in [2.05, 4.69) is 0 Å². The Hall–Kier alpha value is -2.60. The number of esters is 1. The lowest BCUT2D eigenvalue weighted by Crippen LogP contribution is -2.23. The Morgan fingerprint density at radius 3 is 2.77 bits per heavy atom. The normalized spacial score (nSPS) is 16.3. The first-order valence-electron chi connectivity index (χ1n) is 8.12. The number of rotatable bonds is 4. The van der Waals surface area contributed by atoms with Crippen molar-refractivity contribution in [3.05, 3.63) is 65.0 Å². The van der Waals surface area contributed by atoms with Crippen LogP contribution >= 0.6 is 12.2 Å². The number of nitrogens with zero attached hydrogens (tertiary/aromatic N) is 1. The molecule has 0 radical (unpaired) electrons. The molecule has 0 bridgehead atoms. The van der Waals surface area contributed by atoms with Crippen LogP contribution in [-0.2, 0) is 16.0 Å². The molecule has 0 unspecified atom stereocenters. The lowest BCUT2D eigenvalue weighted by atomic mass is 9.95. The van der Waals surface area contributed by atoms with Gasteiger partial charge < -0.3 is 9.47 Å². The largest absolute Gasteiger partial charge is 0.497 e. The monoisotopic (exact) mass is 371 g/mol. The molecule has 0 spiro atoms. The van der Waals surface area contributed by atoms with Crippen LogP contribution in [-0.4, -0.2) is 36.8 Å².